The molecular formula is C26H32N6OS2. The summed E-state index contributed by atoms with van der Waals surface area (Å²) in [7, 11) is 1.88. The van der Waals surface area contributed by atoms with Crippen molar-refractivity contribution in [2.45, 2.75) is 44.7 Å². The van der Waals surface area contributed by atoms with Gasteiger partial charge in [0.15, 0.2) is 5.82 Å². The van der Waals surface area contributed by atoms with E-state index in [2.05, 4.69) is 74.7 Å². The van der Waals surface area contributed by atoms with Gasteiger partial charge in [0.1, 0.15) is 5.69 Å². The highest BCUT2D eigenvalue weighted by Gasteiger charge is 2.23. The van der Waals surface area contributed by atoms with Crippen molar-refractivity contribution in [2.75, 3.05) is 30.1 Å². The number of anilines is 2. The highest BCUT2D eigenvalue weighted by Crippen LogP contribution is 2.34. The number of fused-ring (bicyclic) bond motifs is 1. The Kier molecular flexibility index (Phi) is 7.37. The highest BCUT2D eigenvalue weighted by molar-refractivity contribution is 7.98. The second-order valence-corrected chi connectivity index (χ2v) is 11.4. The van der Waals surface area contributed by atoms with E-state index in [1.807, 2.05) is 34.9 Å². The lowest BCUT2D eigenvalue weighted by Gasteiger charge is -2.22. The molecule has 0 saturated carbocycles. The summed E-state index contributed by atoms with van der Waals surface area (Å²) in [6, 6.07) is 16.6. The third-order valence-corrected chi connectivity index (χ3v) is 7.13. The van der Waals surface area contributed by atoms with Gasteiger partial charge in [-0.1, -0.05) is 53.3 Å². The number of carbonyl (C=O) groups excluding carboxylic acids is 1. The minimum Gasteiger partial charge on any atom is -0.364 e. The van der Waals surface area contributed by atoms with E-state index in [4.69, 9.17) is 10.1 Å². The molecule has 4 rings (SSSR count). The Balaban J connectivity index is 1.50. The Morgan fingerprint density at radius 1 is 1.11 bits per heavy atom. The normalized spacial score (nSPS) is 11.6. The van der Waals surface area contributed by atoms with Gasteiger partial charge in [-0.05, 0) is 51.6 Å². The average Bonchev–Trinajstić information content (AvgIpc) is 3.37. The lowest BCUT2D eigenvalue weighted by Crippen LogP contribution is -2.34. The van der Waals surface area contributed by atoms with Crippen LogP contribution in [0.1, 0.15) is 31.9 Å². The molecule has 0 saturated heterocycles. The van der Waals surface area contributed by atoms with Gasteiger partial charge in [0.25, 0.3) is 0 Å². The average molecular weight is 509 g/mol. The van der Waals surface area contributed by atoms with E-state index in [-0.39, 0.29) is 18.0 Å². The van der Waals surface area contributed by atoms with Crippen LogP contribution >= 0.6 is 23.1 Å². The Morgan fingerprint density at radius 3 is 2.43 bits per heavy atom. The highest BCUT2D eigenvalue weighted by atomic mass is 32.2. The zero-order valence-electron chi connectivity index (χ0n) is 21.0. The third-order valence-electron chi connectivity index (χ3n) is 5.37. The molecule has 0 aliphatic carbocycles. The van der Waals surface area contributed by atoms with Crippen LogP contribution in [0.25, 0.3) is 16.2 Å². The summed E-state index contributed by atoms with van der Waals surface area (Å²) in [5.74, 6) is 0.799. The number of rotatable bonds is 8. The first-order chi connectivity index (χ1) is 16.6. The van der Waals surface area contributed by atoms with Crippen LogP contribution in [0.15, 0.2) is 53.4 Å². The molecule has 0 aliphatic rings. The Morgan fingerprint density at radius 2 is 1.80 bits per heavy atom. The molecule has 7 nitrogen and oxygen atoms in total. The molecule has 4 aromatic rings. The topological polar surface area (TPSA) is 74.6 Å². The van der Waals surface area contributed by atoms with Crippen LogP contribution in [0.3, 0.4) is 0 Å². The van der Waals surface area contributed by atoms with Gasteiger partial charge in [0.05, 0.1) is 6.54 Å². The molecule has 0 atom stereocenters. The molecule has 0 bridgehead atoms. The summed E-state index contributed by atoms with van der Waals surface area (Å²) in [4.78, 5) is 21.3. The van der Waals surface area contributed by atoms with E-state index in [0.29, 0.717) is 6.54 Å². The number of aromatic nitrogens is 3. The molecule has 2 N–H and O–H groups in total. The van der Waals surface area contributed by atoms with Crippen LogP contribution in [0, 0.1) is 6.92 Å². The molecule has 184 valence electrons. The van der Waals surface area contributed by atoms with E-state index in [1.165, 1.54) is 21.8 Å². The van der Waals surface area contributed by atoms with Gasteiger partial charge in [0.2, 0.25) is 16.0 Å². The first-order valence-electron chi connectivity index (χ1n) is 11.5. The van der Waals surface area contributed by atoms with Gasteiger partial charge in [-0.2, -0.15) is 4.52 Å². The predicted octanol–water partition coefficient (Wildman–Crippen LogP) is 5.45. The van der Waals surface area contributed by atoms with E-state index < -0.39 is 0 Å². The zero-order valence-corrected chi connectivity index (χ0v) is 22.7. The smallest absolute Gasteiger partial charge is 0.239 e. The summed E-state index contributed by atoms with van der Waals surface area (Å²) >= 11 is 3.17. The van der Waals surface area contributed by atoms with Crippen molar-refractivity contribution in [2.24, 2.45) is 0 Å². The van der Waals surface area contributed by atoms with Crippen molar-refractivity contribution in [1.29, 1.82) is 0 Å². The zero-order chi connectivity index (χ0) is 25.2. The first kappa shape index (κ1) is 25.1. The molecule has 2 aromatic carbocycles. The second kappa shape index (κ2) is 10.3. The van der Waals surface area contributed by atoms with Crippen molar-refractivity contribution >= 4 is 44.9 Å². The van der Waals surface area contributed by atoms with Gasteiger partial charge in [-0.25, -0.2) is 4.98 Å². The minimum absolute atomic E-state index is 0.0531. The van der Waals surface area contributed by atoms with Crippen molar-refractivity contribution in [3.05, 3.63) is 59.7 Å². The lowest BCUT2D eigenvalue weighted by atomic mass is 10.1. The fourth-order valence-corrected chi connectivity index (χ4v) is 4.83. The fraction of sp³-hybridized carbons (Fsp3) is 0.346. The SMILES string of the molecule is CSc1ccc(CNC(=O)CN(C)c2nn3c(NC(C)(C)C)c(-c4ccc(C)cc4)nc3s2)cc1. The molecule has 0 fully saturated rings. The van der Waals surface area contributed by atoms with Crippen LogP contribution < -0.4 is 15.5 Å². The maximum Gasteiger partial charge on any atom is 0.239 e. The molecule has 1 amide bonds. The summed E-state index contributed by atoms with van der Waals surface area (Å²) in [6.45, 7) is 9.14. The van der Waals surface area contributed by atoms with Gasteiger partial charge in [-0.3, -0.25) is 4.79 Å². The van der Waals surface area contributed by atoms with Crippen LogP contribution in [0.5, 0.6) is 0 Å². The fourth-order valence-electron chi connectivity index (χ4n) is 3.56. The molecule has 0 unspecified atom stereocenters. The van der Waals surface area contributed by atoms with Crippen molar-refractivity contribution in [3.63, 3.8) is 0 Å². The maximum atomic E-state index is 12.6. The summed E-state index contributed by atoms with van der Waals surface area (Å²) in [5.41, 5.74) is 4.03. The van der Waals surface area contributed by atoms with E-state index in [9.17, 15) is 4.79 Å². The second-order valence-electron chi connectivity index (χ2n) is 9.61. The molecule has 0 aliphatic heterocycles. The van der Waals surface area contributed by atoms with Crippen molar-refractivity contribution in [1.82, 2.24) is 19.9 Å². The summed E-state index contributed by atoms with van der Waals surface area (Å²) in [6.07, 6.45) is 2.05. The van der Waals surface area contributed by atoms with Crippen LogP contribution in [0.4, 0.5) is 10.9 Å². The standard InChI is InChI=1S/C26H32N6OS2/c1-17-7-11-19(12-8-17)22-23(29-26(2,3)4)32-24(28-22)35-25(30-32)31(5)16-21(33)27-15-18-9-13-20(34-6)14-10-18/h7-14,29H,15-16H2,1-6H3,(H,27,33). The summed E-state index contributed by atoms with van der Waals surface area (Å²) < 4.78 is 1.85. The molecule has 35 heavy (non-hydrogen) atoms. The van der Waals surface area contributed by atoms with Gasteiger partial charge in [-0.15, -0.1) is 16.9 Å². The van der Waals surface area contributed by atoms with Crippen molar-refractivity contribution < 1.29 is 4.79 Å². The van der Waals surface area contributed by atoms with E-state index >= 15 is 0 Å². The molecule has 2 aromatic heterocycles. The number of thioether (sulfide) groups is 1. The number of nitrogens with one attached hydrogen (secondary N) is 2. The number of nitrogens with zero attached hydrogens (tertiary/aromatic N) is 4. The third kappa shape index (κ3) is 6.15. The van der Waals surface area contributed by atoms with Crippen molar-refractivity contribution in [3.8, 4) is 11.3 Å². The molecule has 0 radical (unpaired) electrons. The van der Waals surface area contributed by atoms with Crippen LogP contribution in [0.2, 0.25) is 0 Å². The Hall–Kier alpha value is -3.04. The number of amides is 1. The molecular weight excluding hydrogens is 476 g/mol. The Bertz CT molecular complexity index is 1300. The van der Waals surface area contributed by atoms with E-state index in [0.717, 1.165) is 32.7 Å². The largest absolute Gasteiger partial charge is 0.364 e. The van der Waals surface area contributed by atoms with Gasteiger partial charge >= 0.3 is 0 Å². The number of hydrogen-bond acceptors (Lipinski definition) is 7. The number of hydrogen-bond donors (Lipinski definition) is 2. The molecule has 0 spiro atoms. The molecule has 9 heteroatoms. The number of carbonyl (C=O) groups is 1. The lowest BCUT2D eigenvalue weighted by molar-refractivity contribution is -0.119. The Labute approximate surface area is 215 Å². The predicted molar refractivity (Wildman–Crippen MR) is 148 cm³/mol. The number of imidazole rings is 1. The summed E-state index contributed by atoms with van der Waals surface area (Å²) in [5, 5.41) is 12.1. The van der Waals surface area contributed by atoms with E-state index in [1.54, 1.807) is 11.8 Å². The number of benzene rings is 2. The van der Waals surface area contributed by atoms with Crippen LogP contribution in [-0.2, 0) is 11.3 Å². The quantitative estimate of drug-likeness (QED) is 0.308. The van der Waals surface area contributed by atoms with Crippen LogP contribution in [-0.4, -0.2) is 45.9 Å². The molecule has 2 heterocycles. The van der Waals surface area contributed by atoms with Gasteiger partial charge < -0.3 is 15.5 Å². The number of aryl methyl sites for hydroxylation is 1. The maximum absolute atomic E-state index is 12.6. The number of likely N-dealkylation sites (N-methyl/N-ethyl adjacent to an activating group) is 1. The minimum atomic E-state index is -0.168. The monoisotopic (exact) mass is 508 g/mol. The first-order valence-corrected chi connectivity index (χ1v) is 13.5. The van der Waals surface area contributed by atoms with Gasteiger partial charge in [0, 0.05) is 29.6 Å².